The highest BCUT2D eigenvalue weighted by molar-refractivity contribution is 6.07. The maximum absolute atomic E-state index is 13.3. The number of unbranched alkanes of at least 4 members (excludes halogenated alkanes) is 2. The number of amides is 6. The molecule has 1 unspecified atom stereocenters. The number of aromatic nitrogens is 2. The van der Waals surface area contributed by atoms with E-state index in [0.29, 0.717) is 86.4 Å². The molecule has 19 heteroatoms. The number of nitrogens with one attached hydrogen (secondary N) is 3. The minimum atomic E-state index is -0.729. The van der Waals surface area contributed by atoms with E-state index in [1.54, 1.807) is 55.6 Å². The van der Waals surface area contributed by atoms with Crippen molar-refractivity contribution < 1.29 is 47.7 Å². The predicted molar refractivity (Wildman–Crippen MR) is 252 cm³/mol. The van der Waals surface area contributed by atoms with Crippen LogP contribution in [0.4, 0.5) is 17.2 Å². The monoisotopic (exact) mass is 946 g/mol. The number of benzene rings is 2. The fraction of sp³-hybridized carbons (Fsp3) is 0.542. The molecule has 1 saturated carbocycles. The molecular formula is C48H63ClN8O10. The Hall–Kier alpha value is -5.69. The molecule has 0 spiro atoms. The molecule has 0 bridgehead atoms. The molecule has 2 fully saturated rings. The highest BCUT2D eigenvalue weighted by Gasteiger charge is 2.42. The van der Waals surface area contributed by atoms with Gasteiger partial charge in [0.15, 0.2) is 5.82 Å². The van der Waals surface area contributed by atoms with E-state index in [0.717, 1.165) is 62.0 Å². The van der Waals surface area contributed by atoms with Crippen molar-refractivity contribution in [3.05, 3.63) is 70.7 Å². The fourth-order valence-electron chi connectivity index (χ4n) is 9.14. The SMILES string of the molecule is CC[C@@H]1C(=O)N(C)c2cnc(Cc3ccc(C(=O)NCCCCCOCCOCCOCCC(=O)Nc4cccc5c4CN(C4CCC(=O)NC4=O)C5=O)cc3OC)nc2N1C1CCCC1.Cl. The molecule has 2 atom stereocenters. The van der Waals surface area contributed by atoms with Crippen LogP contribution in [0.3, 0.4) is 0 Å². The molecule has 1 saturated heterocycles. The van der Waals surface area contributed by atoms with Crippen molar-refractivity contribution in [2.24, 2.45) is 0 Å². The van der Waals surface area contributed by atoms with Crippen molar-refractivity contribution in [1.29, 1.82) is 0 Å². The number of piperidine rings is 1. The molecule has 7 rings (SSSR count). The summed E-state index contributed by atoms with van der Waals surface area (Å²) in [7, 11) is 3.38. The number of nitrogens with zero attached hydrogens (tertiary/aromatic N) is 5. The first kappa shape index (κ1) is 50.7. The van der Waals surface area contributed by atoms with E-state index in [1.165, 1.54) is 4.90 Å². The van der Waals surface area contributed by atoms with Gasteiger partial charge in [-0.15, -0.1) is 12.4 Å². The van der Waals surface area contributed by atoms with Crippen molar-refractivity contribution in [3.63, 3.8) is 0 Å². The molecule has 0 radical (unpaired) electrons. The van der Waals surface area contributed by atoms with Crippen LogP contribution in [-0.2, 0) is 46.4 Å². The van der Waals surface area contributed by atoms with E-state index >= 15 is 0 Å². The van der Waals surface area contributed by atoms with Crippen LogP contribution >= 0.6 is 12.4 Å². The number of anilines is 3. The van der Waals surface area contributed by atoms with Crippen LogP contribution in [-0.4, -0.2) is 129 Å². The fourth-order valence-corrected chi connectivity index (χ4v) is 9.14. The highest BCUT2D eigenvalue weighted by atomic mass is 35.5. The summed E-state index contributed by atoms with van der Waals surface area (Å²) in [5.41, 5.74) is 3.68. The zero-order chi connectivity index (χ0) is 46.6. The predicted octanol–water partition coefficient (Wildman–Crippen LogP) is 4.74. The molecule has 1 aromatic heterocycles. The summed E-state index contributed by atoms with van der Waals surface area (Å²) in [5, 5.41) is 8.15. The van der Waals surface area contributed by atoms with Crippen LogP contribution in [0.15, 0.2) is 42.6 Å². The maximum Gasteiger partial charge on any atom is 0.255 e. The molecular weight excluding hydrogens is 884 g/mol. The lowest BCUT2D eigenvalue weighted by Gasteiger charge is -2.43. The number of rotatable bonds is 23. The number of fused-ring (bicyclic) bond motifs is 2. The normalized spacial score (nSPS) is 18.1. The van der Waals surface area contributed by atoms with Gasteiger partial charge in [0.25, 0.3) is 11.8 Å². The summed E-state index contributed by atoms with van der Waals surface area (Å²) in [5.74, 6) is 0.532. The van der Waals surface area contributed by atoms with E-state index < -0.39 is 11.9 Å². The molecule has 362 valence electrons. The second-order valence-corrected chi connectivity index (χ2v) is 17.0. The Balaban J connectivity index is 0.00000741. The first-order chi connectivity index (χ1) is 32.1. The second-order valence-electron chi connectivity index (χ2n) is 17.0. The minimum absolute atomic E-state index is 0. The summed E-state index contributed by atoms with van der Waals surface area (Å²) >= 11 is 0. The molecule has 67 heavy (non-hydrogen) atoms. The van der Waals surface area contributed by atoms with E-state index in [9.17, 15) is 28.8 Å². The van der Waals surface area contributed by atoms with Crippen LogP contribution in [0, 0.1) is 0 Å². The molecule has 6 amide bonds. The van der Waals surface area contributed by atoms with E-state index in [2.05, 4.69) is 32.8 Å². The number of ether oxygens (including phenoxy) is 4. The van der Waals surface area contributed by atoms with E-state index in [1.807, 2.05) is 6.07 Å². The average Bonchev–Trinajstić information content (AvgIpc) is 3.97. The lowest BCUT2D eigenvalue weighted by molar-refractivity contribution is -0.137. The minimum Gasteiger partial charge on any atom is -0.496 e. The van der Waals surface area contributed by atoms with Crippen LogP contribution in [0.25, 0.3) is 0 Å². The average molecular weight is 948 g/mol. The Labute approximate surface area is 397 Å². The first-order valence-electron chi connectivity index (χ1n) is 23.2. The Morgan fingerprint density at radius 2 is 1.66 bits per heavy atom. The van der Waals surface area contributed by atoms with Gasteiger partial charge in [0.2, 0.25) is 23.6 Å². The van der Waals surface area contributed by atoms with Gasteiger partial charge < -0.3 is 44.3 Å². The summed E-state index contributed by atoms with van der Waals surface area (Å²) in [4.78, 5) is 91.0. The van der Waals surface area contributed by atoms with Crippen LogP contribution in [0.2, 0.25) is 0 Å². The van der Waals surface area contributed by atoms with Gasteiger partial charge in [0.05, 0.1) is 52.8 Å². The zero-order valence-corrected chi connectivity index (χ0v) is 39.5. The Kier molecular flexibility index (Phi) is 18.4. The molecule has 4 heterocycles. The molecule has 2 aromatic carbocycles. The number of imide groups is 1. The lowest BCUT2D eigenvalue weighted by atomic mass is 10.0. The van der Waals surface area contributed by atoms with Crippen molar-refractivity contribution in [2.45, 2.75) is 109 Å². The molecule has 18 nitrogen and oxygen atoms in total. The van der Waals surface area contributed by atoms with Gasteiger partial charge in [-0.25, -0.2) is 9.97 Å². The largest absolute Gasteiger partial charge is 0.496 e. The molecule has 3 aliphatic heterocycles. The topological polar surface area (TPSA) is 211 Å². The third kappa shape index (κ3) is 12.5. The van der Waals surface area contributed by atoms with Gasteiger partial charge in [-0.2, -0.15) is 0 Å². The van der Waals surface area contributed by atoms with Crippen LogP contribution in [0.1, 0.15) is 115 Å². The molecule has 3 N–H and O–H groups in total. The van der Waals surface area contributed by atoms with Crippen LogP contribution < -0.4 is 30.5 Å². The van der Waals surface area contributed by atoms with Crippen molar-refractivity contribution >= 4 is 65.0 Å². The summed E-state index contributed by atoms with van der Waals surface area (Å²) in [6.45, 7) is 5.05. The second kappa shape index (κ2) is 24.4. The Bertz CT molecular complexity index is 2260. The van der Waals surface area contributed by atoms with Gasteiger partial charge in [-0.05, 0) is 69.2 Å². The Morgan fingerprint density at radius 1 is 0.910 bits per heavy atom. The number of methoxy groups -OCH3 is 1. The van der Waals surface area contributed by atoms with Gasteiger partial charge in [0.1, 0.15) is 29.3 Å². The van der Waals surface area contributed by atoms with Crippen molar-refractivity contribution in [1.82, 2.24) is 25.5 Å². The van der Waals surface area contributed by atoms with Gasteiger partial charge >= 0.3 is 0 Å². The molecule has 3 aromatic rings. The number of hydrogen-bond donors (Lipinski definition) is 3. The number of carbonyl (C=O) groups excluding carboxylic acids is 6. The standard InChI is InChI=1S/C48H62N8O10.ClH/c1-4-37-48(62)54(2)39-29-50-41(52-44(39)56(37)33-11-6-7-12-33)28-31-15-16-32(27-40(31)63-3)45(59)49-20-8-5-9-21-64-23-25-66-26-24-65-22-19-43(58)51-36-14-10-13-34-35(36)30-55(47(34)61)38-17-18-42(57)53-46(38)60;/h10,13-16,27,29,33,37-38H,4-9,11-12,17-26,28,30H2,1-3H3,(H,49,59)(H,51,58)(H,53,57,60);1H/t37-,38?;/m1./s1. The molecule has 4 aliphatic rings. The number of carbonyl (C=O) groups is 6. The maximum atomic E-state index is 13.3. The Morgan fingerprint density at radius 3 is 2.39 bits per heavy atom. The number of halogens is 1. The summed E-state index contributed by atoms with van der Waals surface area (Å²) in [6, 6.07) is 9.82. The lowest BCUT2D eigenvalue weighted by Crippen LogP contribution is -2.55. The summed E-state index contributed by atoms with van der Waals surface area (Å²) in [6.07, 6.45) is 10.4. The third-order valence-electron chi connectivity index (χ3n) is 12.7. The number of hydrogen-bond acceptors (Lipinski definition) is 13. The molecule has 1 aliphatic carbocycles. The van der Waals surface area contributed by atoms with Gasteiger partial charge in [-0.1, -0.05) is 31.9 Å². The van der Waals surface area contributed by atoms with Gasteiger partial charge in [0, 0.05) is 73.6 Å². The smallest absolute Gasteiger partial charge is 0.255 e. The summed E-state index contributed by atoms with van der Waals surface area (Å²) < 4.78 is 22.5. The van der Waals surface area contributed by atoms with Gasteiger partial charge in [-0.3, -0.25) is 34.1 Å². The zero-order valence-electron chi connectivity index (χ0n) is 38.6. The van der Waals surface area contributed by atoms with E-state index in [-0.39, 0.29) is 86.4 Å². The first-order valence-corrected chi connectivity index (χ1v) is 23.2. The number of likely N-dealkylation sites (N-methyl/N-ethyl adjacent to an activating group) is 1. The quantitative estimate of drug-likeness (QED) is 0.0868. The van der Waals surface area contributed by atoms with Crippen LogP contribution in [0.5, 0.6) is 5.75 Å². The third-order valence-corrected chi connectivity index (χ3v) is 12.7. The van der Waals surface area contributed by atoms with Crippen molar-refractivity contribution in [2.75, 3.05) is 75.5 Å². The van der Waals surface area contributed by atoms with Crippen molar-refractivity contribution in [3.8, 4) is 5.75 Å². The van der Waals surface area contributed by atoms with E-state index in [4.69, 9.17) is 23.9 Å². The highest BCUT2D eigenvalue weighted by Crippen LogP contribution is 2.40.